The molecule has 0 bridgehead atoms. The van der Waals surface area contributed by atoms with E-state index in [1.165, 1.54) is 6.07 Å². The first kappa shape index (κ1) is 13.7. The second-order valence-electron chi connectivity index (χ2n) is 5.08. The van der Waals surface area contributed by atoms with Crippen LogP contribution in [-0.2, 0) is 11.3 Å². The number of halogens is 1. The van der Waals surface area contributed by atoms with E-state index in [-0.39, 0.29) is 17.3 Å². The Kier molecular flexibility index (Phi) is 4.28. The highest BCUT2D eigenvalue weighted by atomic mass is 19.1. The standard InChI is InChI=1S/C15H17FN2O/c1-11(19)13-6-3-7-18(9-13)10-14-5-2-4-12(8-17)15(14)16/h2,4-5,13H,3,6-7,9-10H2,1H3. The van der Waals surface area contributed by atoms with Crippen molar-refractivity contribution in [1.29, 1.82) is 5.26 Å². The summed E-state index contributed by atoms with van der Waals surface area (Å²) in [5.74, 6) is -0.165. The molecule has 1 aromatic rings. The van der Waals surface area contributed by atoms with E-state index in [9.17, 15) is 9.18 Å². The van der Waals surface area contributed by atoms with Crippen LogP contribution in [0.3, 0.4) is 0 Å². The van der Waals surface area contributed by atoms with Gasteiger partial charge in [-0.15, -0.1) is 0 Å². The van der Waals surface area contributed by atoms with E-state index >= 15 is 0 Å². The maximum Gasteiger partial charge on any atom is 0.145 e. The van der Waals surface area contributed by atoms with Gasteiger partial charge in [-0.25, -0.2) is 4.39 Å². The van der Waals surface area contributed by atoms with Gasteiger partial charge < -0.3 is 0 Å². The smallest absolute Gasteiger partial charge is 0.145 e. The van der Waals surface area contributed by atoms with Crippen LogP contribution >= 0.6 is 0 Å². The average Bonchev–Trinajstić information content (AvgIpc) is 2.41. The summed E-state index contributed by atoms with van der Waals surface area (Å²) in [6.07, 6.45) is 1.89. The molecule has 1 aliphatic heterocycles. The Morgan fingerprint density at radius 2 is 2.37 bits per heavy atom. The number of Topliss-reactive ketones (excluding diaryl/α,β-unsaturated/α-hetero) is 1. The number of carbonyl (C=O) groups excluding carboxylic acids is 1. The summed E-state index contributed by atoms with van der Waals surface area (Å²) in [6, 6.07) is 6.73. The van der Waals surface area contributed by atoms with Gasteiger partial charge in [0.15, 0.2) is 0 Å². The molecular formula is C15H17FN2O. The number of nitrogens with zero attached hydrogens (tertiary/aromatic N) is 2. The Morgan fingerprint density at radius 3 is 3.05 bits per heavy atom. The molecule has 0 saturated carbocycles. The van der Waals surface area contributed by atoms with Crippen LogP contribution in [0.15, 0.2) is 18.2 Å². The van der Waals surface area contributed by atoms with E-state index in [2.05, 4.69) is 4.90 Å². The number of hydrogen-bond donors (Lipinski definition) is 0. The topological polar surface area (TPSA) is 44.1 Å². The molecule has 1 unspecified atom stereocenters. The minimum absolute atomic E-state index is 0.0657. The van der Waals surface area contributed by atoms with E-state index in [0.717, 1.165) is 19.4 Å². The third-order valence-electron chi connectivity index (χ3n) is 3.67. The van der Waals surface area contributed by atoms with E-state index in [4.69, 9.17) is 5.26 Å². The molecule has 1 atom stereocenters. The molecule has 1 fully saturated rings. The zero-order chi connectivity index (χ0) is 13.8. The van der Waals surface area contributed by atoms with Crippen molar-refractivity contribution in [2.24, 2.45) is 5.92 Å². The summed E-state index contributed by atoms with van der Waals surface area (Å²) in [4.78, 5) is 13.5. The van der Waals surface area contributed by atoms with Crippen molar-refractivity contribution >= 4 is 5.78 Å². The number of hydrogen-bond acceptors (Lipinski definition) is 3. The lowest BCUT2D eigenvalue weighted by Gasteiger charge is -2.31. The largest absolute Gasteiger partial charge is 0.300 e. The zero-order valence-electron chi connectivity index (χ0n) is 11.0. The number of likely N-dealkylation sites (tertiary alicyclic amines) is 1. The number of rotatable bonds is 3. The minimum Gasteiger partial charge on any atom is -0.300 e. The summed E-state index contributed by atoms with van der Waals surface area (Å²) in [5.41, 5.74) is 0.612. The summed E-state index contributed by atoms with van der Waals surface area (Å²) in [7, 11) is 0. The van der Waals surface area contributed by atoms with Crippen molar-refractivity contribution in [1.82, 2.24) is 4.90 Å². The first-order valence-corrected chi connectivity index (χ1v) is 6.52. The van der Waals surface area contributed by atoms with Gasteiger partial charge in [-0.3, -0.25) is 9.69 Å². The van der Waals surface area contributed by atoms with Crippen LogP contribution in [0.2, 0.25) is 0 Å². The van der Waals surface area contributed by atoms with Gasteiger partial charge in [-0.1, -0.05) is 12.1 Å². The van der Waals surface area contributed by atoms with Crippen molar-refractivity contribution in [3.05, 3.63) is 35.1 Å². The van der Waals surface area contributed by atoms with E-state index in [0.29, 0.717) is 18.7 Å². The molecule has 0 amide bonds. The minimum atomic E-state index is -0.435. The fraction of sp³-hybridized carbons (Fsp3) is 0.467. The van der Waals surface area contributed by atoms with Crippen molar-refractivity contribution in [2.45, 2.75) is 26.3 Å². The highest BCUT2D eigenvalue weighted by Gasteiger charge is 2.23. The summed E-state index contributed by atoms with van der Waals surface area (Å²) < 4.78 is 14.0. The lowest BCUT2D eigenvalue weighted by Crippen LogP contribution is -2.37. The zero-order valence-corrected chi connectivity index (χ0v) is 11.0. The van der Waals surface area contributed by atoms with Gasteiger partial charge in [0.2, 0.25) is 0 Å². The van der Waals surface area contributed by atoms with Crippen molar-refractivity contribution in [3.8, 4) is 6.07 Å². The predicted octanol–water partition coefficient (Wildman–Crippen LogP) is 2.50. The van der Waals surface area contributed by atoms with Gasteiger partial charge in [0, 0.05) is 24.6 Å². The molecule has 100 valence electrons. The lowest BCUT2D eigenvalue weighted by atomic mass is 9.94. The molecule has 2 rings (SSSR count). The van der Waals surface area contributed by atoms with Crippen molar-refractivity contribution in [3.63, 3.8) is 0 Å². The van der Waals surface area contributed by atoms with Crippen LogP contribution in [0.5, 0.6) is 0 Å². The first-order valence-electron chi connectivity index (χ1n) is 6.52. The molecule has 0 aromatic heterocycles. The Balaban J connectivity index is 2.09. The quantitative estimate of drug-likeness (QED) is 0.838. The Morgan fingerprint density at radius 1 is 1.58 bits per heavy atom. The molecule has 1 aromatic carbocycles. The second kappa shape index (κ2) is 5.94. The molecule has 1 aliphatic rings. The highest BCUT2D eigenvalue weighted by molar-refractivity contribution is 5.78. The van der Waals surface area contributed by atoms with Gasteiger partial charge in [0.05, 0.1) is 5.56 Å². The molecule has 19 heavy (non-hydrogen) atoms. The lowest BCUT2D eigenvalue weighted by molar-refractivity contribution is -0.122. The maximum atomic E-state index is 14.0. The van der Waals surface area contributed by atoms with Crippen molar-refractivity contribution in [2.75, 3.05) is 13.1 Å². The van der Waals surface area contributed by atoms with E-state index in [1.54, 1.807) is 19.1 Å². The van der Waals surface area contributed by atoms with E-state index < -0.39 is 5.82 Å². The average molecular weight is 260 g/mol. The fourth-order valence-electron chi connectivity index (χ4n) is 2.56. The molecule has 0 radical (unpaired) electrons. The van der Waals surface area contributed by atoms with E-state index in [1.807, 2.05) is 6.07 Å². The van der Waals surface area contributed by atoms with Crippen LogP contribution in [0.1, 0.15) is 30.9 Å². The molecular weight excluding hydrogens is 243 g/mol. The first-order chi connectivity index (χ1) is 9.11. The molecule has 1 saturated heterocycles. The third kappa shape index (κ3) is 3.18. The second-order valence-corrected chi connectivity index (χ2v) is 5.08. The summed E-state index contributed by atoms with van der Waals surface area (Å²) in [5, 5.41) is 8.82. The molecule has 0 aliphatic carbocycles. The number of nitriles is 1. The molecule has 1 heterocycles. The Bertz CT molecular complexity index is 521. The Hall–Kier alpha value is -1.73. The van der Waals surface area contributed by atoms with Gasteiger partial charge in [-0.05, 0) is 32.4 Å². The highest BCUT2D eigenvalue weighted by Crippen LogP contribution is 2.21. The van der Waals surface area contributed by atoms with Crippen LogP contribution in [0.4, 0.5) is 4.39 Å². The molecule has 0 spiro atoms. The van der Waals surface area contributed by atoms with Gasteiger partial charge in [0.1, 0.15) is 17.7 Å². The number of ketones is 1. The van der Waals surface area contributed by atoms with Gasteiger partial charge in [-0.2, -0.15) is 5.26 Å². The van der Waals surface area contributed by atoms with Gasteiger partial charge >= 0.3 is 0 Å². The number of piperidine rings is 1. The summed E-state index contributed by atoms with van der Waals surface area (Å²) in [6.45, 7) is 3.64. The van der Waals surface area contributed by atoms with Crippen LogP contribution in [0, 0.1) is 23.1 Å². The number of carbonyl (C=O) groups is 1. The molecule has 4 heteroatoms. The molecule has 0 N–H and O–H groups in total. The maximum absolute atomic E-state index is 14.0. The van der Waals surface area contributed by atoms with Crippen LogP contribution < -0.4 is 0 Å². The van der Waals surface area contributed by atoms with Crippen LogP contribution in [0.25, 0.3) is 0 Å². The van der Waals surface area contributed by atoms with Gasteiger partial charge in [0.25, 0.3) is 0 Å². The van der Waals surface area contributed by atoms with Crippen molar-refractivity contribution < 1.29 is 9.18 Å². The monoisotopic (exact) mass is 260 g/mol. The Labute approximate surface area is 112 Å². The van der Waals surface area contributed by atoms with Crippen LogP contribution in [-0.4, -0.2) is 23.8 Å². The summed E-state index contributed by atoms with van der Waals surface area (Å²) >= 11 is 0. The predicted molar refractivity (Wildman–Crippen MR) is 69.8 cm³/mol. The normalized spacial score (nSPS) is 19.9. The third-order valence-corrected chi connectivity index (χ3v) is 3.67. The number of benzene rings is 1. The SMILES string of the molecule is CC(=O)C1CCCN(Cc2cccc(C#N)c2F)C1. The molecule has 3 nitrogen and oxygen atoms in total. The fourth-order valence-corrected chi connectivity index (χ4v) is 2.56.